The van der Waals surface area contributed by atoms with Gasteiger partial charge < -0.3 is 10.1 Å². The quantitative estimate of drug-likeness (QED) is 0.668. The fourth-order valence-corrected chi connectivity index (χ4v) is 3.59. The zero-order chi connectivity index (χ0) is 13.4. The molecule has 1 atom stereocenters. The molecule has 108 valence electrons. The standard InChI is InChI=1S/C12H26N2O3S/c1-3-14(11-12-7-5-6-8-13-12)18(15,16)10-9-17-4-2/h12-13H,3-11H2,1-2H3. The Morgan fingerprint density at radius 3 is 2.67 bits per heavy atom. The highest BCUT2D eigenvalue weighted by molar-refractivity contribution is 7.89. The largest absolute Gasteiger partial charge is 0.381 e. The van der Waals surface area contributed by atoms with Crippen molar-refractivity contribution in [2.24, 2.45) is 0 Å². The summed E-state index contributed by atoms with van der Waals surface area (Å²) in [5.74, 6) is 0.0847. The normalized spacial score (nSPS) is 21.4. The van der Waals surface area contributed by atoms with Crippen LogP contribution in [0.3, 0.4) is 0 Å². The second kappa shape index (κ2) is 8.09. The van der Waals surface area contributed by atoms with Crippen LogP contribution in [-0.2, 0) is 14.8 Å². The average molecular weight is 278 g/mol. The highest BCUT2D eigenvalue weighted by Crippen LogP contribution is 2.11. The van der Waals surface area contributed by atoms with Gasteiger partial charge in [0.05, 0.1) is 12.4 Å². The number of sulfonamides is 1. The maximum atomic E-state index is 12.1. The number of piperidine rings is 1. The fourth-order valence-electron chi connectivity index (χ4n) is 2.20. The number of nitrogens with zero attached hydrogens (tertiary/aromatic N) is 1. The molecular formula is C12H26N2O3S. The summed E-state index contributed by atoms with van der Waals surface area (Å²) >= 11 is 0. The van der Waals surface area contributed by atoms with Gasteiger partial charge in [0.1, 0.15) is 0 Å². The number of rotatable bonds is 8. The number of hydrogen-bond donors (Lipinski definition) is 1. The molecule has 1 N–H and O–H groups in total. The van der Waals surface area contributed by atoms with E-state index in [4.69, 9.17) is 4.74 Å². The lowest BCUT2D eigenvalue weighted by molar-refractivity contribution is 0.162. The molecule has 6 heteroatoms. The summed E-state index contributed by atoms with van der Waals surface area (Å²) in [6.07, 6.45) is 3.45. The first-order valence-corrected chi connectivity index (χ1v) is 8.50. The van der Waals surface area contributed by atoms with E-state index in [0.29, 0.717) is 25.7 Å². The van der Waals surface area contributed by atoms with Crippen LogP contribution < -0.4 is 5.32 Å². The molecular weight excluding hydrogens is 252 g/mol. The molecule has 5 nitrogen and oxygen atoms in total. The third-order valence-electron chi connectivity index (χ3n) is 3.27. The van der Waals surface area contributed by atoms with Crippen molar-refractivity contribution in [1.82, 2.24) is 9.62 Å². The second-order valence-corrected chi connectivity index (χ2v) is 6.70. The summed E-state index contributed by atoms with van der Waals surface area (Å²) in [5, 5.41) is 3.39. The SMILES string of the molecule is CCOCCS(=O)(=O)N(CC)CC1CCCCN1. The predicted molar refractivity (Wildman–Crippen MR) is 73.2 cm³/mol. The van der Waals surface area contributed by atoms with Gasteiger partial charge in [-0.1, -0.05) is 13.3 Å². The molecule has 18 heavy (non-hydrogen) atoms. The van der Waals surface area contributed by atoms with Crippen molar-refractivity contribution in [3.8, 4) is 0 Å². The van der Waals surface area contributed by atoms with Gasteiger partial charge in [-0.3, -0.25) is 0 Å². The maximum Gasteiger partial charge on any atom is 0.216 e. The summed E-state index contributed by atoms with van der Waals surface area (Å²) in [7, 11) is -3.18. The van der Waals surface area contributed by atoms with Crippen LogP contribution in [0.25, 0.3) is 0 Å². The minimum absolute atomic E-state index is 0.0847. The molecule has 0 bridgehead atoms. The predicted octanol–water partition coefficient (Wildman–Crippen LogP) is 0.817. The lowest BCUT2D eigenvalue weighted by Crippen LogP contribution is -2.46. The van der Waals surface area contributed by atoms with E-state index < -0.39 is 10.0 Å². The first-order valence-electron chi connectivity index (χ1n) is 6.89. The van der Waals surface area contributed by atoms with Gasteiger partial charge in [0, 0.05) is 25.7 Å². The van der Waals surface area contributed by atoms with E-state index in [-0.39, 0.29) is 12.4 Å². The smallest absolute Gasteiger partial charge is 0.216 e. The highest BCUT2D eigenvalue weighted by atomic mass is 32.2. The number of ether oxygens (including phenoxy) is 1. The van der Waals surface area contributed by atoms with Crippen LogP contribution in [0.15, 0.2) is 0 Å². The Balaban J connectivity index is 2.47. The van der Waals surface area contributed by atoms with E-state index in [1.54, 1.807) is 4.31 Å². The van der Waals surface area contributed by atoms with Gasteiger partial charge in [0.15, 0.2) is 0 Å². The molecule has 1 heterocycles. The van der Waals surface area contributed by atoms with Gasteiger partial charge in [-0.05, 0) is 26.3 Å². The van der Waals surface area contributed by atoms with Crippen LogP contribution in [-0.4, -0.2) is 57.4 Å². The molecule has 0 aliphatic carbocycles. The Morgan fingerprint density at radius 1 is 1.33 bits per heavy atom. The van der Waals surface area contributed by atoms with Crippen LogP contribution in [0.1, 0.15) is 33.1 Å². The van der Waals surface area contributed by atoms with Crippen molar-refractivity contribution < 1.29 is 13.2 Å². The number of hydrogen-bond acceptors (Lipinski definition) is 4. The van der Waals surface area contributed by atoms with Crippen LogP contribution in [0.4, 0.5) is 0 Å². The molecule has 0 saturated carbocycles. The Hall–Kier alpha value is -0.170. The van der Waals surface area contributed by atoms with Crippen LogP contribution in [0.5, 0.6) is 0 Å². The maximum absolute atomic E-state index is 12.1. The Morgan fingerprint density at radius 2 is 2.11 bits per heavy atom. The van der Waals surface area contributed by atoms with E-state index in [1.807, 2.05) is 13.8 Å². The molecule has 0 aromatic rings. The van der Waals surface area contributed by atoms with Crippen molar-refractivity contribution in [2.75, 3.05) is 38.6 Å². The second-order valence-electron chi connectivity index (χ2n) is 4.61. The molecule has 0 radical (unpaired) electrons. The molecule has 1 fully saturated rings. The summed E-state index contributed by atoms with van der Waals surface area (Å²) in [4.78, 5) is 0. The van der Waals surface area contributed by atoms with E-state index in [0.717, 1.165) is 13.0 Å². The third-order valence-corrected chi connectivity index (χ3v) is 5.15. The van der Waals surface area contributed by atoms with Gasteiger partial charge in [-0.25, -0.2) is 12.7 Å². The zero-order valence-electron chi connectivity index (χ0n) is 11.5. The summed E-state index contributed by atoms with van der Waals surface area (Å²) in [6.45, 7) is 6.73. The van der Waals surface area contributed by atoms with Crippen molar-refractivity contribution in [2.45, 2.75) is 39.2 Å². The topological polar surface area (TPSA) is 58.6 Å². The van der Waals surface area contributed by atoms with Gasteiger partial charge in [0.25, 0.3) is 0 Å². The fraction of sp³-hybridized carbons (Fsp3) is 1.00. The Bertz CT molecular complexity index is 313. The van der Waals surface area contributed by atoms with E-state index >= 15 is 0 Å². The average Bonchev–Trinajstić information content (AvgIpc) is 2.37. The highest BCUT2D eigenvalue weighted by Gasteiger charge is 2.24. The minimum atomic E-state index is -3.18. The van der Waals surface area contributed by atoms with Crippen LogP contribution in [0, 0.1) is 0 Å². The van der Waals surface area contributed by atoms with Gasteiger partial charge in [-0.2, -0.15) is 0 Å². The molecule has 0 aromatic carbocycles. The molecule has 1 aliphatic rings. The first kappa shape index (κ1) is 15.9. The van der Waals surface area contributed by atoms with E-state index in [1.165, 1.54) is 12.8 Å². The van der Waals surface area contributed by atoms with Gasteiger partial charge in [0.2, 0.25) is 10.0 Å². The van der Waals surface area contributed by atoms with Gasteiger partial charge >= 0.3 is 0 Å². The summed E-state index contributed by atoms with van der Waals surface area (Å²) < 4.78 is 31.0. The van der Waals surface area contributed by atoms with Gasteiger partial charge in [-0.15, -0.1) is 0 Å². The molecule has 1 rings (SSSR count). The first-order chi connectivity index (χ1) is 8.60. The van der Waals surface area contributed by atoms with Crippen molar-refractivity contribution >= 4 is 10.0 Å². The number of likely N-dealkylation sites (N-methyl/N-ethyl adjacent to an activating group) is 1. The van der Waals surface area contributed by atoms with Crippen molar-refractivity contribution in [3.05, 3.63) is 0 Å². The molecule has 1 saturated heterocycles. The molecule has 0 aromatic heterocycles. The molecule has 1 unspecified atom stereocenters. The lowest BCUT2D eigenvalue weighted by atomic mass is 10.1. The summed E-state index contributed by atoms with van der Waals surface area (Å²) in [5.41, 5.74) is 0. The zero-order valence-corrected chi connectivity index (χ0v) is 12.3. The van der Waals surface area contributed by atoms with E-state index in [2.05, 4.69) is 5.32 Å². The Labute approximate surface area is 111 Å². The summed E-state index contributed by atoms with van der Waals surface area (Å²) in [6, 6.07) is 0.306. The van der Waals surface area contributed by atoms with Crippen molar-refractivity contribution in [3.63, 3.8) is 0 Å². The van der Waals surface area contributed by atoms with Crippen LogP contribution in [0.2, 0.25) is 0 Å². The van der Waals surface area contributed by atoms with E-state index in [9.17, 15) is 8.42 Å². The molecule has 0 spiro atoms. The minimum Gasteiger partial charge on any atom is -0.381 e. The Kier molecular flexibility index (Phi) is 7.14. The monoisotopic (exact) mass is 278 g/mol. The lowest BCUT2D eigenvalue weighted by Gasteiger charge is -2.29. The number of nitrogens with one attached hydrogen (secondary N) is 1. The van der Waals surface area contributed by atoms with Crippen LogP contribution >= 0.6 is 0 Å². The van der Waals surface area contributed by atoms with Crippen molar-refractivity contribution in [1.29, 1.82) is 0 Å². The third kappa shape index (κ3) is 5.22. The molecule has 0 amide bonds. The molecule has 1 aliphatic heterocycles.